The molecule has 0 spiro atoms. The third-order valence-corrected chi connectivity index (χ3v) is 5.88. The summed E-state index contributed by atoms with van der Waals surface area (Å²) in [6, 6.07) is 24.6. The van der Waals surface area contributed by atoms with E-state index in [0.717, 1.165) is 28.6 Å². The second kappa shape index (κ2) is 8.96. The molecule has 0 unspecified atom stereocenters. The van der Waals surface area contributed by atoms with Gasteiger partial charge >= 0.3 is 0 Å². The highest BCUT2D eigenvalue weighted by Gasteiger charge is 2.34. The molecule has 0 N–H and O–H groups in total. The molecule has 6 nitrogen and oxygen atoms in total. The second-order valence-electron chi connectivity index (χ2n) is 7.59. The number of halogens is 1. The van der Waals surface area contributed by atoms with Gasteiger partial charge in [0.1, 0.15) is 11.5 Å². The third-order valence-electron chi connectivity index (χ3n) is 5.19. The average molecular weight is 490 g/mol. The summed E-state index contributed by atoms with van der Waals surface area (Å²) in [6.45, 7) is 0.269. The predicted molar refractivity (Wildman–Crippen MR) is 123 cm³/mol. The van der Waals surface area contributed by atoms with Gasteiger partial charge in [-0.15, -0.1) is 10.2 Å². The van der Waals surface area contributed by atoms with Gasteiger partial charge in [-0.1, -0.05) is 36.4 Å². The van der Waals surface area contributed by atoms with E-state index in [-0.39, 0.29) is 18.5 Å². The van der Waals surface area contributed by atoms with Crippen LogP contribution in [0.25, 0.3) is 11.5 Å². The van der Waals surface area contributed by atoms with Gasteiger partial charge in [-0.3, -0.25) is 4.79 Å². The zero-order valence-corrected chi connectivity index (χ0v) is 18.7. The molecule has 1 aromatic heterocycles. The summed E-state index contributed by atoms with van der Waals surface area (Å²) in [6.07, 6.45) is 1.94. The van der Waals surface area contributed by atoms with Crippen LogP contribution in [0.2, 0.25) is 0 Å². The topological polar surface area (TPSA) is 68.5 Å². The SMILES string of the molecule is O=C(c1cccc(Oc2ccccc2)c1)N(Cc1nnc(-c2ccccc2Br)o1)C1CC1. The Bertz CT molecular complexity index is 1240. The quantitative estimate of drug-likeness (QED) is 0.313. The molecule has 0 aliphatic heterocycles. The number of nitrogens with zero attached hydrogens (tertiary/aromatic N) is 3. The van der Waals surface area contributed by atoms with Crippen molar-refractivity contribution >= 4 is 21.8 Å². The highest BCUT2D eigenvalue weighted by atomic mass is 79.9. The lowest BCUT2D eigenvalue weighted by Crippen LogP contribution is -2.32. The first-order valence-electron chi connectivity index (χ1n) is 10.4. The van der Waals surface area contributed by atoms with Gasteiger partial charge < -0.3 is 14.1 Å². The third kappa shape index (κ3) is 4.57. The Morgan fingerprint density at radius 3 is 2.50 bits per heavy atom. The number of carbonyl (C=O) groups is 1. The molecule has 1 aliphatic rings. The van der Waals surface area contributed by atoms with Crippen LogP contribution in [0.1, 0.15) is 29.1 Å². The number of hydrogen-bond acceptors (Lipinski definition) is 5. The van der Waals surface area contributed by atoms with Gasteiger partial charge in [0.05, 0.1) is 12.1 Å². The van der Waals surface area contributed by atoms with Crippen molar-refractivity contribution in [3.63, 3.8) is 0 Å². The van der Waals surface area contributed by atoms with Crippen LogP contribution in [0, 0.1) is 0 Å². The summed E-state index contributed by atoms with van der Waals surface area (Å²) in [5.41, 5.74) is 1.39. The van der Waals surface area contributed by atoms with Crippen molar-refractivity contribution in [1.29, 1.82) is 0 Å². The summed E-state index contributed by atoms with van der Waals surface area (Å²) < 4.78 is 12.6. The highest BCUT2D eigenvalue weighted by molar-refractivity contribution is 9.10. The van der Waals surface area contributed by atoms with Crippen LogP contribution in [0.4, 0.5) is 0 Å². The first kappa shape index (κ1) is 20.5. The Morgan fingerprint density at radius 1 is 0.969 bits per heavy atom. The molecule has 160 valence electrons. The van der Waals surface area contributed by atoms with Gasteiger partial charge in [-0.25, -0.2) is 0 Å². The number of carbonyl (C=O) groups excluding carboxylic acids is 1. The van der Waals surface area contributed by atoms with E-state index in [9.17, 15) is 4.79 Å². The molecular formula is C25H20BrN3O3. The Kier molecular flexibility index (Phi) is 5.73. The van der Waals surface area contributed by atoms with Gasteiger partial charge in [-0.05, 0) is 71.2 Å². The summed E-state index contributed by atoms with van der Waals surface area (Å²) >= 11 is 3.51. The summed E-state index contributed by atoms with van der Waals surface area (Å²) in [5.74, 6) is 2.10. The number of para-hydroxylation sites is 1. The lowest BCUT2D eigenvalue weighted by Gasteiger charge is -2.21. The van der Waals surface area contributed by atoms with Gasteiger partial charge in [0.25, 0.3) is 5.91 Å². The van der Waals surface area contributed by atoms with Crippen molar-refractivity contribution in [3.8, 4) is 23.0 Å². The summed E-state index contributed by atoms with van der Waals surface area (Å²) in [7, 11) is 0. The van der Waals surface area contributed by atoms with Crippen LogP contribution in [0.3, 0.4) is 0 Å². The van der Waals surface area contributed by atoms with E-state index in [1.54, 1.807) is 17.0 Å². The molecule has 32 heavy (non-hydrogen) atoms. The molecule has 1 fully saturated rings. The maximum atomic E-state index is 13.3. The predicted octanol–water partition coefficient (Wildman–Crippen LogP) is 6.10. The Morgan fingerprint density at radius 2 is 1.72 bits per heavy atom. The lowest BCUT2D eigenvalue weighted by molar-refractivity contribution is 0.0714. The van der Waals surface area contributed by atoms with E-state index in [1.807, 2.05) is 66.7 Å². The van der Waals surface area contributed by atoms with Crippen molar-refractivity contribution < 1.29 is 13.9 Å². The van der Waals surface area contributed by atoms with Crippen LogP contribution in [0.15, 0.2) is 87.8 Å². The van der Waals surface area contributed by atoms with Crippen LogP contribution < -0.4 is 4.74 Å². The van der Waals surface area contributed by atoms with Crippen LogP contribution in [0.5, 0.6) is 11.5 Å². The van der Waals surface area contributed by atoms with Gasteiger partial charge in [0.15, 0.2) is 0 Å². The lowest BCUT2D eigenvalue weighted by atomic mass is 10.2. The minimum atomic E-state index is -0.0772. The molecule has 0 bridgehead atoms. The first-order valence-corrected chi connectivity index (χ1v) is 11.2. The fourth-order valence-electron chi connectivity index (χ4n) is 3.44. The number of benzene rings is 3. The fourth-order valence-corrected chi connectivity index (χ4v) is 3.90. The molecule has 7 heteroatoms. The molecule has 3 aromatic carbocycles. The molecule has 1 aliphatic carbocycles. The maximum Gasteiger partial charge on any atom is 0.254 e. The van der Waals surface area contributed by atoms with Crippen molar-refractivity contribution in [2.75, 3.05) is 0 Å². The van der Waals surface area contributed by atoms with Crippen molar-refractivity contribution in [1.82, 2.24) is 15.1 Å². The number of aromatic nitrogens is 2. The molecular weight excluding hydrogens is 470 g/mol. The zero-order valence-electron chi connectivity index (χ0n) is 17.1. The van der Waals surface area contributed by atoms with E-state index >= 15 is 0 Å². The van der Waals surface area contributed by atoms with E-state index in [4.69, 9.17) is 9.15 Å². The van der Waals surface area contributed by atoms with Crippen molar-refractivity contribution in [3.05, 3.63) is 94.8 Å². The zero-order chi connectivity index (χ0) is 21.9. The van der Waals surface area contributed by atoms with Crippen molar-refractivity contribution in [2.24, 2.45) is 0 Å². The van der Waals surface area contributed by atoms with Crippen LogP contribution in [-0.4, -0.2) is 27.0 Å². The van der Waals surface area contributed by atoms with E-state index in [2.05, 4.69) is 26.1 Å². The van der Waals surface area contributed by atoms with Gasteiger partial charge in [0, 0.05) is 16.1 Å². The van der Waals surface area contributed by atoms with Gasteiger partial charge in [-0.2, -0.15) is 0 Å². The normalized spacial score (nSPS) is 13.0. The standard InChI is InChI=1S/C25H20BrN3O3/c26-22-12-5-4-11-21(22)24-28-27-23(32-24)16-29(18-13-14-18)25(30)17-7-6-10-20(15-17)31-19-8-2-1-3-9-19/h1-12,15,18H,13-14,16H2. The number of amides is 1. The van der Waals surface area contributed by atoms with E-state index in [1.165, 1.54) is 0 Å². The Labute approximate surface area is 194 Å². The smallest absolute Gasteiger partial charge is 0.254 e. The molecule has 0 atom stereocenters. The number of rotatable bonds is 7. The molecule has 0 saturated heterocycles. The minimum absolute atomic E-state index is 0.0772. The summed E-state index contributed by atoms with van der Waals surface area (Å²) in [5, 5.41) is 8.35. The Balaban J connectivity index is 1.34. The Hall–Kier alpha value is -3.45. The van der Waals surface area contributed by atoms with E-state index in [0.29, 0.717) is 23.1 Å². The minimum Gasteiger partial charge on any atom is -0.457 e. The van der Waals surface area contributed by atoms with Crippen LogP contribution in [-0.2, 0) is 6.54 Å². The molecule has 1 heterocycles. The second-order valence-corrected chi connectivity index (χ2v) is 8.44. The maximum absolute atomic E-state index is 13.3. The summed E-state index contributed by atoms with van der Waals surface area (Å²) in [4.78, 5) is 15.1. The van der Waals surface area contributed by atoms with E-state index < -0.39 is 0 Å². The van der Waals surface area contributed by atoms with Crippen LogP contribution >= 0.6 is 15.9 Å². The first-order chi connectivity index (χ1) is 15.7. The molecule has 5 rings (SSSR count). The fraction of sp³-hybridized carbons (Fsp3) is 0.160. The molecule has 4 aromatic rings. The number of hydrogen-bond donors (Lipinski definition) is 0. The molecule has 0 radical (unpaired) electrons. The number of ether oxygens (including phenoxy) is 1. The van der Waals surface area contributed by atoms with Crippen molar-refractivity contribution in [2.45, 2.75) is 25.4 Å². The average Bonchev–Trinajstić information content (AvgIpc) is 3.56. The molecule has 1 amide bonds. The largest absolute Gasteiger partial charge is 0.457 e. The molecule has 1 saturated carbocycles. The van der Waals surface area contributed by atoms with Gasteiger partial charge in [0.2, 0.25) is 11.8 Å². The monoisotopic (exact) mass is 489 g/mol. The highest BCUT2D eigenvalue weighted by Crippen LogP contribution is 2.32.